The zero-order chi connectivity index (χ0) is 11.4. The number of hydrogen-bond acceptors (Lipinski definition) is 3. The summed E-state index contributed by atoms with van der Waals surface area (Å²) in [4.78, 5) is 17.6. The molecule has 1 fully saturated rings. The van der Waals surface area contributed by atoms with E-state index in [-0.39, 0.29) is 5.91 Å². The van der Waals surface area contributed by atoms with Gasteiger partial charge in [0.1, 0.15) is 5.82 Å². The highest BCUT2D eigenvalue weighted by Crippen LogP contribution is 2.08. The van der Waals surface area contributed by atoms with Crippen LogP contribution in [0.2, 0.25) is 0 Å². The lowest BCUT2D eigenvalue weighted by Crippen LogP contribution is -2.42. The van der Waals surface area contributed by atoms with Crippen LogP contribution in [-0.2, 0) is 4.79 Å². The number of carbonyl (C=O) groups excluding carboxylic acids is 1. The molecule has 1 amide bonds. The number of hydrogen-bond donors (Lipinski definition) is 1. The molecule has 86 valence electrons. The van der Waals surface area contributed by atoms with Gasteiger partial charge in [0.25, 0.3) is 0 Å². The fourth-order valence-corrected chi connectivity index (χ4v) is 1.59. The number of likely N-dealkylation sites (tertiary alicyclic amines) is 1. The van der Waals surface area contributed by atoms with Crippen LogP contribution < -0.4 is 5.32 Å². The molecule has 0 saturated carbocycles. The van der Waals surface area contributed by atoms with E-state index in [2.05, 4.69) is 10.3 Å². The molecular formula is C12H17N3O. The van der Waals surface area contributed by atoms with Gasteiger partial charge in [-0.05, 0) is 25.0 Å². The summed E-state index contributed by atoms with van der Waals surface area (Å²) in [5.41, 5.74) is 1.14. The molecule has 1 N–H and O–H groups in total. The van der Waals surface area contributed by atoms with Gasteiger partial charge in [-0.25, -0.2) is 4.98 Å². The Morgan fingerprint density at radius 3 is 2.88 bits per heavy atom. The number of nitrogens with zero attached hydrogens (tertiary/aromatic N) is 2. The zero-order valence-electron chi connectivity index (χ0n) is 9.57. The first-order chi connectivity index (χ1) is 7.75. The third kappa shape index (κ3) is 2.72. The Morgan fingerprint density at radius 2 is 2.31 bits per heavy atom. The number of rotatable bonds is 4. The summed E-state index contributed by atoms with van der Waals surface area (Å²) in [6.07, 6.45) is 3.52. The largest absolute Gasteiger partial charge is 0.370 e. The molecule has 1 aromatic heterocycles. The first-order valence-electron chi connectivity index (χ1n) is 5.70. The molecule has 0 aliphatic carbocycles. The van der Waals surface area contributed by atoms with Crippen molar-refractivity contribution in [1.29, 1.82) is 0 Å². The topological polar surface area (TPSA) is 45.2 Å². The van der Waals surface area contributed by atoms with Crippen LogP contribution in [0, 0.1) is 6.92 Å². The molecule has 0 unspecified atom stereocenters. The van der Waals surface area contributed by atoms with Gasteiger partial charge in [-0.3, -0.25) is 4.79 Å². The summed E-state index contributed by atoms with van der Waals surface area (Å²) < 4.78 is 0. The minimum atomic E-state index is 0.242. The SMILES string of the molecule is Cc1ccc(NCCC(=O)N2CCC2)nc1. The molecular weight excluding hydrogens is 202 g/mol. The van der Waals surface area contributed by atoms with Crippen molar-refractivity contribution in [2.75, 3.05) is 25.0 Å². The summed E-state index contributed by atoms with van der Waals surface area (Å²) in [6.45, 7) is 4.53. The first-order valence-corrected chi connectivity index (χ1v) is 5.70. The molecule has 0 spiro atoms. The van der Waals surface area contributed by atoms with Crippen LogP contribution in [0.15, 0.2) is 18.3 Å². The van der Waals surface area contributed by atoms with Crippen LogP contribution in [0.5, 0.6) is 0 Å². The van der Waals surface area contributed by atoms with Gasteiger partial charge >= 0.3 is 0 Å². The second kappa shape index (κ2) is 4.96. The number of amides is 1. The summed E-state index contributed by atoms with van der Waals surface area (Å²) in [7, 11) is 0. The second-order valence-corrected chi connectivity index (χ2v) is 4.13. The van der Waals surface area contributed by atoms with Crippen molar-refractivity contribution in [3.05, 3.63) is 23.9 Å². The summed E-state index contributed by atoms with van der Waals surface area (Å²) >= 11 is 0. The van der Waals surface area contributed by atoms with Gasteiger partial charge in [0.15, 0.2) is 0 Å². The van der Waals surface area contributed by atoms with E-state index in [4.69, 9.17) is 0 Å². The molecule has 0 radical (unpaired) electrons. The van der Waals surface area contributed by atoms with Crippen molar-refractivity contribution in [1.82, 2.24) is 9.88 Å². The van der Waals surface area contributed by atoms with Crippen LogP contribution in [0.1, 0.15) is 18.4 Å². The monoisotopic (exact) mass is 219 g/mol. The minimum Gasteiger partial charge on any atom is -0.370 e. The standard InChI is InChI=1S/C12H17N3O/c1-10-3-4-11(14-9-10)13-6-5-12(16)15-7-2-8-15/h3-4,9H,2,5-8H2,1H3,(H,13,14). The highest BCUT2D eigenvalue weighted by atomic mass is 16.2. The van der Waals surface area contributed by atoms with Crippen LogP contribution in [0.3, 0.4) is 0 Å². The van der Waals surface area contributed by atoms with Crippen LogP contribution in [-0.4, -0.2) is 35.4 Å². The number of pyridine rings is 1. The number of aryl methyl sites for hydroxylation is 1. The van der Waals surface area contributed by atoms with Gasteiger partial charge in [0.05, 0.1) is 0 Å². The number of anilines is 1. The van der Waals surface area contributed by atoms with E-state index in [1.807, 2.05) is 30.2 Å². The molecule has 2 rings (SSSR count). The summed E-state index contributed by atoms with van der Waals surface area (Å²) in [5.74, 6) is 1.08. The lowest BCUT2D eigenvalue weighted by molar-refractivity contribution is -0.134. The smallest absolute Gasteiger partial charge is 0.224 e. The van der Waals surface area contributed by atoms with E-state index in [1.165, 1.54) is 0 Å². The molecule has 1 aromatic rings. The second-order valence-electron chi connectivity index (χ2n) is 4.13. The van der Waals surface area contributed by atoms with Gasteiger partial charge in [-0.15, -0.1) is 0 Å². The molecule has 0 bridgehead atoms. The van der Waals surface area contributed by atoms with Crippen LogP contribution >= 0.6 is 0 Å². The lowest BCUT2D eigenvalue weighted by atomic mass is 10.2. The third-order valence-electron chi connectivity index (χ3n) is 2.77. The zero-order valence-corrected chi connectivity index (χ0v) is 9.57. The average Bonchev–Trinajstić information content (AvgIpc) is 2.18. The van der Waals surface area contributed by atoms with E-state index in [9.17, 15) is 4.79 Å². The van der Waals surface area contributed by atoms with Crippen molar-refractivity contribution < 1.29 is 4.79 Å². The molecule has 0 atom stereocenters. The highest BCUT2D eigenvalue weighted by Gasteiger charge is 2.19. The minimum absolute atomic E-state index is 0.242. The van der Waals surface area contributed by atoms with Gasteiger partial charge < -0.3 is 10.2 Å². The normalized spacial score (nSPS) is 14.4. The van der Waals surface area contributed by atoms with Crippen molar-refractivity contribution in [2.24, 2.45) is 0 Å². The molecule has 1 saturated heterocycles. The Balaban J connectivity index is 1.71. The van der Waals surface area contributed by atoms with Crippen molar-refractivity contribution in [3.8, 4) is 0 Å². The molecule has 4 nitrogen and oxygen atoms in total. The van der Waals surface area contributed by atoms with Crippen LogP contribution in [0.4, 0.5) is 5.82 Å². The Morgan fingerprint density at radius 1 is 1.50 bits per heavy atom. The summed E-state index contributed by atoms with van der Waals surface area (Å²) in [6, 6.07) is 3.94. The molecule has 1 aliphatic rings. The van der Waals surface area contributed by atoms with E-state index in [0.29, 0.717) is 13.0 Å². The Labute approximate surface area is 95.7 Å². The van der Waals surface area contributed by atoms with E-state index in [0.717, 1.165) is 30.9 Å². The van der Waals surface area contributed by atoms with Crippen molar-refractivity contribution in [2.45, 2.75) is 19.8 Å². The fraction of sp³-hybridized carbons (Fsp3) is 0.500. The Hall–Kier alpha value is -1.58. The Kier molecular flexibility index (Phi) is 3.39. The molecule has 4 heteroatoms. The first kappa shape index (κ1) is 10.9. The lowest BCUT2D eigenvalue weighted by Gasteiger charge is -2.30. The van der Waals surface area contributed by atoms with Gasteiger partial charge in [0, 0.05) is 32.3 Å². The maximum absolute atomic E-state index is 11.5. The predicted octanol–water partition coefficient (Wildman–Crippen LogP) is 1.42. The number of aromatic nitrogens is 1. The van der Waals surface area contributed by atoms with E-state index >= 15 is 0 Å². The maximum Gasteiger partial charge on any atom is 0.224 e. The third-order valence-corrected chi connectivity index (χ3v) is 2.77. The van der Waals surface area contributed by atoms with E-state index in [1.54, 1.807) is 0 Å². The highest BCUT2D eigenvalue weighted by molar-refractivity contribution is 5.77. The molecule has 0 aromatic carbocycles. The van der Waals surface area contributed by atoms with Gasteiger partial charge in [-0.1, -0.05) is 6.07 Å². The molecule has 16 heavy (non-hydrogen) atoms. The average molecular weight is 219 g/mol. The van der Waals surface area contributed by atoms with Crippen LogP contribution in [0.25, 0.3) is 0 Å². The summed E-state index contributed by atoms with van der Waals surface area (Å²) in [5, 5.41) is 3.15. The maximum atomic E-state index is 11.5. The molecule has 1 aliphatic heterocycles. The van der Waals surface area contributed by atoms with Crippen molar-refractivity contribution in [3.63, 3.8) is 0 Å². The number of carbonyl (C=O) groups is 1. The quantitative estimate of drug-likeness (QED) is 0.833. The fourth-order valence-electron chi connectivity index (χ4n) is 1.59. The number of nitrogens with one attached hydrogen (secondary N) is 1. The van der Waals surface area contributed by atoms with Gasteiger partial charge in [-0.2, -0.15) is 0 Å². The predicted molar refractivity (Wildman–Crippen MR) is 63.3 cm³/mol. The Bertz CT molecular complexity index is 357. The molecule has 2 heterocycles. The van der Waals surface area contributed by atoms with Crippen molar-refractivity contribution >= 4 is 11.7 Å². The van der Waals surface area contributed by atoms with Gasteiger partial charge in [0.2, 0.25) is 5.91 Å². The van der Waals surface area contributed by atoms with E-state index < -0.39 is 0 Å².